The molecule has 1 N–H and O–H groups in total. The lowest BCUT2D eigenvalue weighted by molar-refractivity contribution is -0.267. The summed E-state index contributed by atoms with van der Waals surface area (Å²) in [5, 5.41) is 10.9. The molecule has 0 aromatic carbocycles. The number of esters is 1. The molecule has 47 heavy (non-hydrogen) atoms. The number of hydrogen-bond donors (Lipinski definition) is 1. The zero-order chi connectivity index (χ0) is 34.9. The molecule has 9 nitrogen and oxygen atoms in total. The maximum atomic E-state index is 14.8. The van der Waals surface area contributed by atoms with Crippen LogP contribution in [0.3, 0.4) is 0 Å². The summed E-state index contributed by atoms with van der Waals surface area (Å²) in [4.78, 5) is 42.9. The van der Waals surface area contributed by atoms with Crippen molar-refractivity contribution in [1.82, 2.24) is 4.90 Å². The van der Waals surface area contributed by atoms with Crippen molar-refractivity contribution in [3.63, 3.8) is 0 Å². The van der Waals surface area contributed by atoms with Gasteiger partial charge >= 0.3 is 11.9 Å². The molecule has 1 aliphatic heterocycles. The highest BCUT2D eigenvalue weighted by Crippen LogP contribution is 2.74. The van der Waals surface area contributed by atoms with Gasteiger partial charge in [0.2, 0.25) is 0 Å². The lowest BCUT2D eigenvalue weighted by atomic mass is 9.34. The maximum absolute atomic E-state index is 14.8. The minimum absolute atomic E-state index is 0.0300. The number of nitrogens with zero attached hydrogens (tertiary/aromatic N) is 1. The highest BCUT2D eigenvalue weighted by atomic mass is 16.6. The number of likely N-dealkylation sites (N-methyl/N-ethyl adjacent to an activating group) is 1. The lowest BCUT2D eigenvalue weighted by Gasteiger charge is -2.70. The smallest absolute Gasteiger partial charge is 0.308 e. The Hall–Kier alpha value is -1.81. The predicted molar refractivity (Wildman–Crippen MR) is 179 cm³/mol. The van der Waals surface area contributed by atoms with Gasteiger partial charge in [0, 0.05) is 30.3 Å². The Morgan fingerprint density at radius 2 is 1.74 bits per heavy atom. The number of hydrogen-bond acceptors (Lipinski definition) is 8. The van der Waals surface area contributed by atoms with Crippen molar-refractivity contribution in [3.8, 4) is 0 Å². The first kappa shape index (κ1) is 36.5. The molecule has 0 aromatic rings. The van der Waals surface area contributed by atoms with E-state index in [0.29, 0.717) is 38.8 Å². The minimum atomic E-state index is -1.05. The number of ketones is 1. The highest BCUT2D eigenvalue weighted by Gasteiger charge is 2.74. The number of carbonyl (C=O) groups excluding carboxylic acids is 2. The van der Waals surface area contributed by atoms with Crippen LogP contribution in [0.25, 0.3) is 0 Å². The summed E-state index contributed by atoms with van der Waals surface area (Å²) in [6.07, 6.45) is 4.82. The normalized spacial score (nSPS) is 44.1. The van der Waals surface area contributed by atoms with Gasteiger partial charge in [0.1, 0.15) is 12.2 Å². The molecule has 0 radical (unpaired) electrons. The van der Waals surface area contributed by atoms with E-state index in [1.54, 1.807) is 7.11 Å². The topological polar surface area (TPSA) is 112 Å². The van der Waals surface area contributed by atoms with Gasteiger partial charge in [-0.2, -0.15) is 0 Å². The molecular formula is C38H61NO8. The van der Waals surface area contributed by atoms with E-state index in [0.717, 1.165) is 31.3 Å². The molecule has 0 spiro atoms. The summed E-state index contributed by atoms with van der Waals surface area (Å²) in [7, 11) is 5.69. The second-order valence-electron chi connectivity index (χ2n) is 17.4. The summed E-state index contributed by atoms with van der Waals surface area (Å²) in [6, 6.07) is 0.0300. The fourth-order valence-electron chi connectivity index (χ4n) is 11.7. The number of allylic oxidation sites excluding steroid dienone is 1. The maximum Gasteiger partial charge on any atom is 0.308 e. The number of ether oxygens (including phenoxy) is 4. The molecule has 12 atom stereocenters. The van der Waals surface area contributed by atoms with Crippen LogP contribution >= 0.6 is 0 Å². The Morgan fingerprint density at radius 3 is 2.32 bits per heavy atom. The molecule has 3 saturated carbocycles. The van der Waals surface area contributed by atoms with E-state index in [-0.39, 0.29) is 41.7 Å². The molecule has 4 aliphatic carbocycles. The molecular weight excluding hydrogens is 598 g/mol. The Morgan fingerprint density at radius 1 is 1.06 bits per heavy atom. The number of carbonyl (C=O) groups is 3. The molecule has 5 rings (SSSR count). The van der Waals surface area contributed by atoms with Crippen LogP contribution in [0.15, 0.2) is 11.6 Å². The van der Waals surface area contributed by atoms with Gasteiger partial charge in [-0.1, -0.05) is 54.0 Å². The third-order valence-corrected chi connectivity index (χ3v) is 14.8. The first-order chi connectivity index (χ1) is 21.8. The lowest BCUT2D eigenvalue weighted by Crippen LogP contribution is -2.71. The van der Waals surface area contributed by atoms with Gasteiger partial charge in [-0.15, -0.1) is 0 Å². The van der Waals surface area contributed by atoms with Crippen molar-refractivity contribution >= 4 is 17.7 Å². The third-order valence-electron chi connectivity index (χ3n) is 14.8. The van der Waals surface area contributed by atoms with Crippen molar-refractivity contribution in [2.45, 2.75) is 106 Å². The number of aliphatic carboxylic acids is 1. The molecule has 1 unspecified atom stereocenters. The van der Waals surface area contributed by atoms with Crippen molar-refractivity contribution in [2.75, 3.05) is 47.6 Å². The van der Waals surface area contributed by atoms with Crippen LogP contribution in [0.1, 0.15) is 87.5 Å². The van der Waals surface area contributed by atoms with E-state index in [9.17, 15) is 19.5 Å². The first-order valence-corrected chi connectivity index (χ1v) is 17.9. The molecule has 0 amide bonds. The van der Waals surface area contributed by atoms with E-state index in [4.69, 9.17) is 18.9 Å². The second kappa shape index (κ2) is 12.5. The predicted octanol–water partition coefficient (Wildman–Crippen LogP) is 5.65. The third kappa shape index (κ3) is 5.27. The Bertz CT molecular complexity index is 1280. The average molecular weight is 660 g/mol. The Balaban J connectivity index is 1.60. The molecule has 4 fully saturated rings. The monoisotopic (exact) mass is 659 g/mol. The van der Waals surface area contributed by atoms with E-state index < -0.39 is 45.1 Å². The Labute approximate surface area is 282 Å². The van der Waals surface area contributed by atoms with Crippen molar-refractivity contribution in [2.24, 2.45) is 56.7 Å². The first-order valence-electron chi connectivity index (χ1n) is 17.9. The van der Waals surface area contributed by atoms with Crippen molar-refractivity contribution < 1.29 is 38.4 Å². The van der Waals surface area contributed by atoms with Gasteiger partial charge in [0.05, 0.1) is 38.4 Å². The summed E-state index contributed by atoms with van der Waals surface area (Å²) >= 11 is 0. The fourth-order valence-corrected chi connectivity index (χ4v) is 11.7. The number of carboxylic acid groups (broad SMARTS) is 1. The van der Waals surface area contributed by atoms with Crippen LogP contribution in [0.5, 0.6) is 0 Å². The van der Waals surface area contributed by atoms with Gasteiger partial charge in [0.15, 0.2) is 5.78 Å². The summed E-state index contributed by atoms with van der Waals surface area (Å²) in [6.45, 7) is 18.3. The average Bonchev–Trinajstić information content (AvgIpc) is 2.97. The molecule has 1 heterocycles. The molecule has 9 heteroatoms. The van der Waals surface area contributed by atoms with E-state index >= 15 is 0 Å². The Kier molecular flexibility index (Phi) is 9.70. The van der Waals surface area contributed by atoms with E-state index in [1.807, 2.05) is 27.1 Å². The van der Waals surface area contributed by atoms with E-state index in [1.165, 1.54) is 6.92 Å². The zero-order valence-electron chi connectivity index (χ0n) is 30.8. The van der Waals surface area contributed by atoms with Crippen LogP contribution < -0.4 is 0 Å². The second-order valence-corrected chi connectivity index (χ2v) is 17.4. The standard InChI is InChI=1S/C38H61NO8/c1-22(2)23(3)34(5)14-15-36(7)26-12-13-29-35(6)20-45-21-38(29,27(26)16-30(41)37(36,8)31(34)33(42)43)17-28(47-24(4)40)32(35)46-19-25(18-44-11)39(9)10/h16,22-23,25-26,28-29,31-32H,12-15,17-21H2,1-11H3,(H,42,43)/t23-,25?,26+,28-,29+,31-,32+,34-,35+,36-,37+,38+/m1/s1. The largest absolute Gasteiger partial charge is 0.481 e. The van der Waals surface area contributed by atoms with Gasteiger partial charge < -0.3 is 29.0 Å². The minimum Gasteiger partial charge on any atom is -0.481 e. The van der Waals surface area contributed by atoms with Gasteiger partial charge in [0.25, 0.3) is 0 Å². The fraction of sp³-hybridized carbons (Fsp3) is 0.868. The quantitative estimate of drug-likeness (QED) is 0.298. The number of methoxy groups -OCH3 is 1. The van der Waals surface area contributed by atoms with Crippen LogP contribution in [0.4, 0.5) is 0 Å². The summed E-state index contributed by atoms with van der Waals surface area (Å²) in [5.74, 6) is -1.45. The summed E-state index contributed by atoms with van der Waals surface area (Å²) < 4.78 is 24.9. The summed E-state index contributed by atoms with van der Waals surface area (Å²) in [5.41, 5.74) is -1.98. The molecule has 1 saturated heterocycles. The molecule has 2 bridgehead atoms. The number of carboxylic acids is 1. The van der Waals surface area contributed by atoms with Crippen LogP contribution in [0, 0.1) is 56.7 Å². The van der Waals surface area contributed by atoms with E-state index in [2.05, 4.69) is 46.4 Å². The zero-order valence-corrected chi connectivity index (χ0v) is 30.8. The molecule has 266 valence electrons. The highest BCUT2D eigenvalue weighted by molar-refractivity contribution is 6.00. The molecule has 5 aliphatic rings. The van der Waals surface area contributed by atoms with Crippen LogP contribution in [-0.4, -0.2) is 93.6 Å². The molecule has 0 aromatic heterocycles. The van der Waals surface area contributed by atoms with Crippen LogP contribution in [-0.2, 0) is 33.3 Å². The van der Waals surface area contributed by atoms with Gasteiger partial charge in [-0.05, 0) is 86.8 Å². The van der Waals surface area contributed by atoms with Crippen molar-refractivity contribution in [1.29, 1.82) is 0 Å². The van der Waals surface area contributed by atoms with Gasteiger partial charge in [-0.3, -0.25) is 14.4 Å². The number of fused-ring (bicyclic) bond motifs is 3. The SMILES string of the molecule is COCC(CO[C@H]1[C@H](OC(C)=O)C[C@@]23COC[C@@]1(C)[C@@H]2CC[C@H]1C3=CC(=O)[C@@]2(C)[C@H](C(=O)O)[C@@](C)([C@H](C)C(C)C)CC[C@]12C)N(C)C. The number of rotatable bonds is 10. The van der Waals surface area contributed by atoms with Gasteiger partial charge in [-0.25, -0.2) is 0 Å². The van der Waals surface area contributed by atoms with Crippen LogP contribution in [0.2, 0.25) is 0 Å². The van der Waals surface area contributed by atoms with Crippen molar-refractivity contribution in [3.05, 3.63) is 11.6 Å².